The molecule has 1 aliphatic rings. The molecule has 1 aliphatic heterocycles. The average molecular weight is 716 g/mol. The maximum Gasteiger partial charge on any atom is 0.243 e. The molecule has 1 fully saturated rings. The van der Waals surface area contributed by atoms with Gasteiger partial charge in [-0.2, -0.15) is 0 Å². The summed E-state index contributed by atoms with van der Waals surface area (Å²) in [5, 5.41) is 15.4. The highest BCUT2D eigenvalue weighted by molar-refractivity contribution is 5.98. The van der Waals surface area contributed by atoms with Crippen molar-refractivity contribution in [1.29, 1.82) is 0 Å². The van der Waals surface area contributed by atoms with Crippen molar-refractivity contribution in [1.82, 2.24) is 26.4 Å². The van der Waals surface area contributed by atoms with Gasteiger partial charge in [0.05, 0.1) is 24.8 Å². The summed E-state index contributed by atoms with van der Waals surface area (Å²) in [5.41, 5.74) is 1.30. The summed E-state index contributed by atoms with van der Waals surface area (Å²) in [7, 11) is 0. The second-order valence-corrected chi connectivity index (χ2v) is 14.8. The number of epoxide rings is 1. The maximum absolute atomic E-state index is 14.1. The van der Waals surface area contributed by atoms with E-state index in [9.17, 15) is 24.0 Å². The predicted molar refractivity (Wildman–Crippen MR) is 196 cm³/mol. The molecule has 0 spiro atoms. The highest BCUT2D eigenvalue weighted by atomic mass is 16.6. The SMILES string of the molecule is Cc1cc(CC(=O)NC(CCc2ccccc2)C(=O)NC(CC(C)C)C(=O)NC(Cc2ccccc2)C(=O)NC(CC(C)C)C(=O)C2(C)CO2)no1. The molecule has 0 saturated carbocycles. The van der Waals surface area contributed by atoms with Crippen LogP contribution in [0.1, 0.15) is 76.5 Å². The first-order valence-electron chi connectivity index (χ1n) is 18.1. The van der Waals surface area contributed by atoms with E-state index in [2.05, 4.69) is 26.4 Å². The van der Waals surface area contributed by atoms with Gasteiger partial charge in [-0.1, -0.05) is 93.5 Å². The minimum Gasteiger partial charge on any atom is -0.361 e. The zero-order valence-electron chi connectivity index (χ0n) is 31.1. The Kier molecular flexibility index (Phi) is 14.3. The quantitative estimate of drug-likeness (QED) is 0.128. The number of nitrogens with one attached hydrogen (secondary N) is 4. The second kappa shape index (κ2) is 18.6. The molecule has 4 rings (SSSR count). The molecule has 0 aliphatic carbocycles. The first kappa shape index (κ1) is 39.9. The van der Waals surface area contributed by atoms with Crippen molar-refractivity contribution in [3.05, 3.63) is 89.3 Å². The predicted octanol–water partition coefficient (Wildman–Crippen LogP) is 3.79. The lowest BCUT2D eigenvalue weighted by molar-refractivity contribution is -0.135. The smallest absolute Gasteiger partial charge is 0.243 e. The number of aryl methyl sites for hydroxylation is 2. The van der Waals surface area contributed by atoms with Crippen molar-refractivity contribution in [2.24, 2.45) is 11.8 Å². The number of ketones is 1. The van der Waals surface area contributed by atoms with Gasteiger partial charge in [0.2, 0.25) is 23.6 Å². The molecule has 4 N–H and O–H groups in total. The summed E-state index contributed by atoms with van der Waals surface area (Å²) in [4.78, 5) is 68.3. The number of nitrogens with zero attached hydrogens (tertiary/aromatic N) is 1. The van der Waals surface area contributed by atoms with Crippen molar-refractivity contribution < 1.29 is 33.2 Å². The van der Waals surface area contributed by atoms with Crippen LogP contribution in [0.4, 0.5) is 0 Å². The lowest BCUT2D eigenvalue weighted by Crippen LogP contribution is -2.59. The minimum absolute atomic E-state index is 0.00227. The fourth-order valence-electron chi connectivity index (χ4n) is 6.04. The van der Waals surface area contributed by atoms with E-state index in [-0.39, 0.29) is 43.3 Å². The number of benzene rings is 2. The number of Topliss-reactive ketones (excluding diaryl/α,β-unsaturated/α-hetero) is 1. The topological polar surface area (TPSA) is 172 Å². The molecule has 4 amide bonds. The van der Waals surface area contributed by atoms with Crippen molar-refractivity contribution in [3.8, 4) is 0 Å². The van der Waals surface area contributed by atoms with Crippen LogP contribution in [0.25, 0.3) is 0 Å². The van der Waals surface area contributed by atoms with Crippen LogP contribution in [0.15, 0.2) is 71.3 Å². The van der Waals surface area contributed by atoms with Crippen LogP contribution >= 0.6 is 0 Å². The number of hydrogen-bond acceptors (Lipinski definition) is 8. The van der Waals surface area contributed by atoms with E-state index < -0.39 is 53.4 Å². The number of amides is 4. The number of hydrogen-bond donors (Lipinski definition) is 4. The fraction of sp³-hybridized carbons (Fsp3) is 0.500. The number of rotatable bonds is 20. The van der Waals surface area contributed by atoms with Gasteiger partial charge in [0.15, 0.2) is 5.78 Å². The van der Waals surface area contributed by atoms with E-state index in [1.165, 1.54) is 0 Å². The Bertz CT molecular complexity index is 1650. The van der Waals surface area contributed by atoms with Crippen molar-refractivity contribution >= 4 is 29.4 Å². The van der Waals surface area contributed by atoms with Gasteiger partial charge in [-0.05, 0) is 62.5 Å². The Labute approximate surface area is 306 Å². The minimum atomic E-state index is -1.05. The maximum atomic E-state index is 14.1. The number of ether oxygens (including phenoxy) is 1. The Morgan fingerprint density at radius 2 is 1.25 bits per heavy atom. The van der Waals surface area contributed by atoms with E-state index in [0.29, 0.717) is 30.9 Å². The summed E-state index contributed by atoms with van der Waals surface area (Å²) in [6.07, 6.45) is 1.55. The molecule has 280 valence electrons. The average Bonchev–Trinajstić information content (AvgIpc) is 3.73. The molecule has 52 heavy (non-hydrogen) atoms. The first-order valence-corrected chi connectivity index (χ1v) is 18.1. The molecule has 3 aromatic rings. The third kappa shape index (κ3) is 12.4. The van der Waals surface area contributed by atoms with E-state index in [4.69, 9.17) is 9.26 Å². The van der Waals surface area contributed by atoms with Crippen molar-refractivity contribution in [2.45, 2.75) is 110 Å². The monoisotopic (exact) mass is 715 g/mol. The van der Waals surface area contributed by atoms with Gasteiger partial charge in [0.1, 0.15) is 29.5 Å². The molecular weight excluding hydrogens is 662 g/mol. The highest BCUT2D eigenvalue weighted by Gasteiger charge is 2.50. The molecule has 2 aromatic carbocycles. The summed E-state index contributed by atoms with van der Waals surface area (Å²) in [6.45, 7) is 11.5. The van der Waals surface area contributed by atoms with Gasteiger partial charge in [-0.3, -0.25) is 24.0 Å². The Morgan fingerprint density at radius 3 is 1.81 bits per heavy atom. The lowest BCUT2D eigenvalue weighted by Gasteiger charge is -2.28. The van der Waals surface area contributed by atoms with E-state index in [1.54, 1.807) is 19.9 Å². The molecule has 5 unspecified atom stereocenters. The lowest BCUT2D eigenvalue weighted by atomic mass is 9.93. The largest absolute Gasteiger partial charge is 0.361 e. The highest BCUT2D eigenvalue weighted by Crippen LogP contribution is 2.29. The summed E-state index contributed by atoms with van der Waals surface area (Å²) < 4.78 is 10.5. The standard InChI is InChI=1S/C40H53N5O7/c1-25(2)19-32(36(47)40(6)24-51-40)42-39(50)34(22-29-15-11-8-12-16-29)44-38(49)33(20-26(3)4)43-37(48)31(18-17-28-13-9-7-10-14-28)41-35(46)23-30-21-27(5)52-45-30/h7-16,21,25-26,31-34H,17-20,22-24H2,1-6H3,(H,41,46)(H,42,50)(H,43,48)(H,44,49). The van der Waals surface area contributed by atoms with Gasteiger partial charge >= 0.3 is 0 Å². The van der Waals surface area contributed by atoms with Crippen LogP contribution in [-0.2, 0) is 48.0 Å². The van der Waals surface area contributed by atoms with Crippen LogP contribution in [0.3, 0.4) is 0 Å². The Balaban J connectivity index is 1.53. The van der Waals surface area contributed by atoms with E-state index >= 15 is 0 Å². The summed E-state index contributed by atoms with van der Waals surface area (Å²) in [6, 6.07) is 16.7. The van der Waals surface area contributed by atoms with Crippen molar-refractivity contribution in [3.63, 3.8) is 0 Å². The Morgan fingerprint density at radius 1 is 0.731 bits per heavy atom. The van der Waals surface area contributed by atoms with Gasteiger partial charge in [-0.15, -0.1) is 0 Å². The molecule has 1 aromatic heterocycles. The van der Waals surface area contributed by atoms with Gasteiger partial charge in [0, 0.05) is 12.5 Å². The van der Waals surface area contributed by atoms with Crippen LogP contribution in [0, 0.1) is 18.8 Å². The van der Waals surface area contributed by atoms with Crippen LogP contribution in [0.2, 0.25) is 0 Å². The zero-order chi connectivity index (χ0) is 37.8. The number of aromatic nitrogens is 1. The molecule has 2 heterocycles. The molecule has 1 saturated heterocycles. The molecule has 0 radical (unpaired) electrons. The first-order chi connectivity index (χ1) is 24.7. The normalized spacial score (nSPS) is 17.5. The molecule has 0 bridgehead atoms. The molecule has 5 atom stereocenters. The zero-order valence-corrected chi connectivity index (χ0v) is 31.1. The third-order valence-corrected chi connectivity index (χ3v) is 8.93. The van der Waals surface area contributed by atoms with Gasteiger partial charge in [-0.25, -0.2) is 0 Å². The molecular formula is C40H53N5O7. The Hall–Kier alpha value is -4.84. The second-order valence-electron chi connectivity index (χ2n) is 14.8. The molecule has 12 heteroatoms. The number of carbonyl (C=O) groups is 5. The van der Waals surface area contributed by atoms with Crippen LogP contribution in [-0.4, -0.2) is 70.9 Å². The van der Waals surface area contributed by atoms with Crippen LogP contribution < -0.4 is 21.3 Å². The molecule has 12 nitrogen and oxygen atoms in total. The van der Waals surface area contributed by atoms with E-state index in [0.717, 1.165) is 11.1 Å². The van der Waals surface area contributed by atoms with Crippen molar-refractivity contribution in [2.75, 3.05) is 6.61 Å². The van der Waals surface area contributed by atoms with Crippen LogP contribution in [0.5, 0.6) is 0 Å². The fourth-order valence-corrected chi connectivity index (χ4v) is 6.04. The summed E-state index contributed by atoms with van der Waals surface area (Å²) >= 11 is 0. The van der Waals surface area contributed by atoms with E-state index in [1.807, 2.05) is 88.4 Å². The van der Waals surface area contributed by atoms with Gasteiger partial charge < -0.3 is 30.5 Å². The number of carbonyl (C=O) groups excluding carboxylic acids is 5. The third-order valence-electron chi connectivity index (χ3n) is 8.93. The van der Waals surface area contributed by atoms with Gasteiger partial charge in [0.25, 0.3) is 0 Å². The summed E-state index contributed by atoms with van der Waals surface area (Å²) in [5.74, 6) is -1.52.